The first-order valence-corrected chi connectivity index (χ1v) is 8.05. The van der Waals surface area contributed by atoms with Crippen LogP contribution in [0, 0.1) is 0 Å². The van der Waals surface area contributed by atoms with E-state index in [0.29, 0.717) is 12.5 Å². The normalized spacial score (nSPS) is 20.7. The number of benzene rings is 1. The summed E-state index contributed by atoms with van der Waals surface area (Å²) in [6, 6.07) is 8.46. The molecule has 1 aliphatic heterocycles. The Morgan fingerprint density at radius 2 is 2.25 bits per heavy atom. The molecule has 0 bridgehead atoms. The topological polar surface area (TPSA) is 43.1 Å². The van der Waals surface area contributed by atoms with Crippen molar-refractivity contribution < 1.29 is 4.21 Å². The molecule has 2 unspecified atom stereocenters. The minimum absolute atomic E-state index is 0.472. The van der Waals surface area contributed by atoms with E-state index >= 15 is 0 Å². The van der Waals surface area contributed by atoms with E-state index in [2.05, 4.69) is 24.3 Å². The van der Waals surface area contributed by atoms with Gasteiger partial charge in [-0.25, -0.2) is 0 Å². The molecule has 0 spiro atoms. The summed E-state index contributed by atoms with van der Waals surface area (Å²) in [6.07, 6.45) is 0.869. The van der Waals surface area contributed by atoms with Crippen molar-refractivity contribution in [2.75, 3.05) is 23.8 Å². The zero-order valence-corrected chi connectivity index (χ0v) is 10.9. The van der Waals surface area contributed by atoms with Gasteiger partial charge in [0.1, 0.15) is 0 Å². The molecule has 88 valence electrons. The van der Waals surface area contributed by atoms with Crippen LogP contribution in [0.3, 0.4) is 0 Å². The third-order valence-corrected chi connectivity index (χ3v) is 5.53. The summed E-state index contributed by atoms with van der Waals surface area (Å²) >= 11 is 1.88. The zero-order valence-electron chi connectivity index (χ0n) is 9.22. The van der Waals surface area contributed by atoms with Crippen LogP contribution in [0.5, 0.6) is 0 Å². The van der Waals surface area contributed by atoms with Crippen molar-refractivity contribution in [2.45, 2.75) is 17.2 Å². The summed E-state index contributed by atoms with van der Waals surface area (Å²) in [5.41, 5.74) is 6.81. The molecule has 4 heteroatoms. The predicted octanol–water partition coefficient (Wildman–Crippen LogP) is 1.97. The van der Waals surface area contributed by atoms with E-state index in [1.54, 1.807) is 0 Å². The highest BCUT2D eigenvalue weighted by molar-refractivity contribution is 7.99. The number of fused-ring (bicyclic) bond motifs is 1. The summed E-state index contributed by atoms with van der Waals surface area (Å²) < 4.78 is 11.8. The van der Waals surface area contributed by atoms with Crippen LogP contribution in [0.1, 0.15) is 17.9 Å². The minimum Gasteiger partial charge on any atom is -0.330 e. The Morgan fingerprint density at radius 1 is 1.44 bits per heavy atom. The molecule has 2 nitrogen and oxygen atoms in total. The summed E-state index contributed by atoms with van der Waals surface area (Å²) in [6.45, 7) is 0.641. The smallest absolute Gasteiger partial charge is 0.0312 e. The Balaban J connectivity index is 1.95. The minimum atomic E-state index is -0.710. The lowest BCUT2D eigenvalue weighted by Gasteiger charge is -2.09. The van der Waals surface area contributed by atoms with Gasteiger partial charge in [0.25, 0.3) is 0 Å². The molecule has 1 aromatic rings. The van der Waals surface area contributed by atoms with Crippen LogP contribution in [0.2, 0.25) is 0 Å². The SMILES string of the molecule is NCCCS(=O)CC1CSc2ccccc21. The molecule has 2 rings (SSSR count). The van der Waals surface area contributed by atoms with Gasteiger partial charge in [-0.1, -0.05) is 18.2 Å². The Bertz CT molecular complexity index is 381. The molecule has 0 saturated carbocycles. The van der Waals surface area contributed by atoms with E-state index in [4.69, 9.17) is 5.73 Å². The first-order chi connectivity index (χ1) is 7.81. The van der Waals surface area contributed by atoms with Gasteiger partial charge in [-0.2, -0.15) is 0 Å². The van der Waals surface area contributed by atoms with E-state index < -0.39 is 10.8 Å². The Kier molecular flexibility index (Phi) is 4.44. The largest absolute Gasteiger partial charge is 0.330 e. The van der Waals surface area contributed by atoms with Crippen LogP contribution >= 0.6 is 11.8 Å². The lowest BCUT2D eigenvalue weighted by Crippen LogP contribution is -2.14. The summed E-state index contributed by atoms with van der Waals surface area (Å²) in [5.74, 6) is 3.09. The molecular formula is C12H17NOS2. The Morgan fingerprint density at radius 3 is 3.06 bits per heavy atom. The van der Waals surface area contributed by atoms with Crippen LogP contribution in [0.25, 0.3) is 0 Å². The van der Waals surface area contributed by atoms with Crippen LogP contribution in [-0.4, -0.2) is 28.0 Å². The number of hydrogen-bond donors (Lipinski definition) is 1. The molecule has 1 heterocycles. The second-order valence-corrected chi connectivity index (χ2v) is 6.68. The number of nitrogens with two attached hydrogens (primary N) is 1. The van der Waals surface area contributed by atoms with E-state index in [9.17, 15) is 4.21 Å². The summed E-state index contributed by atoms with van der Waals surface area (Å²) in [5, 5.41) is 0. The van der Waals surface area contributed by atoms with Gasteiger partial charge >= 0.3 is 0 Å². The van der Waals surface area contributed by atoms with Gasteiger partial charge in [-0.3, -0.25) is 4.21 Å². The van der Waals surface area contributed by atoms with Crippen LogP contribution in [-0.2, 0) is 10.8 Å². The number of hydrogen-bond acceptors (Lipinski definition) is 3. The third kappa shape index (κ3) is 2.87. The second kappa shape index (κ2) is 5.84. The van der Waals surface area contributed by atoms with E-state index in [1.165, 1.54) is 10.5 Å². The molecule has 0 aromatic heterocycles. The van der Waals surface area contributed by atoms with Crippen molar-refractivity contribution >= 4 is 22.6 Å². The molecule has 1 aliphatic rings. The fraction of sp³-hybridized carbons (Fsp3) is 0.500. The quantitative estimate of drug-likeness (QED) is 0.875. The molecule has 0 fully saturated rings. The zero-order chi connectivity index (χ0) is 11.4. The molecule has 0 radical (unpaired) electrons. The average Bonchev–Trinajstić information content (AvgIpc) is 2.70. The first-order valence-electron chi connectivity index (χ1n) is 5.58. The molecule has 16 heavy (non-hydrogen) atoms. The fourth-order valence-corrected chi connectivity index (χ4v) is 4.72. The Hall–Kier alpha value is -0.320. The maximum absolute atomic E-state index is 11.8. The monoisotopic (exact) mass is 255 g/mol. The van der Waals surface area contributed by atoms with Crippen LogP contribution < -0.4 is 5.73 Å². The molecule has 1 aromatic carbocycles. The first kappa shape index (κ1) is 12.1. The van der Waals surface area contributed by atoms with Gasteiger partial charge in [-0.15, -0.1) is 11.8 Å². The molecule has 2 N–H and O–H groups in total. The average molecular weight is 255 g/mol. The predicted molar refractivity (Wildman–Crippen MR) is 71.5 cm³/mol. The van der Waals surface area contributed by atoms with Gasteiger partial charge in [-0.05, 0) is 24.6 Å². The lowest BCUT2D eigenvalue weighted by atomic mass is 10.0. The highest BCUT2D eigenvalue weighted by Gasteiger charge is 2.23. The third-order valence-electron chi connectivity index (χ3n) is 2.76. The van der Waals surface area contributed by atoms with Gasteiger partial charge in [0.05, 0.1) is 0 Å². The van der Waals surface area contributed by atoms with Crippen molar-refractivity contribution in [1.29, 1.82) is 0 Å². The van der Waals surface area contributed by atoms with Gasteiger partial charge in [0.2, 0.25) is 0 Å². The van der Waals surface area contributed by atoms with Crippen LogP contribution in [0.4, 0.5) is 0 Å². The second-order valence-electron chi connectivity index (χ2n) is 4.00. The van der Waals surface area contributed by atoms with Crippen molar-refractivity contribution in [3.05, 3.63) is 29.8 Å². The van der Waals surface area contributed by atoms with Crippen LogP contribution in [0.15, 0.2) is 29.2 Å². The number of rotatable bonds is 5. The van der Waals surface area contributed by atoms with Gasteiger partial charge < -0.3 is 5.73 Å². The van der Waals surface area contributed by atoms with Crippen molar-refractivity contribution in [3.8, 4) is 0 Å². The van der Waals surface area contributed by atoms with E-state index in [0.717, 1.165) is 23.7 Å². The summed E-state index contributed by atoms with van der Waals surface area (Å²) in [4.78, 5) is 1.36. The summed E-state index contributed by atoms with van der Waals surface area (Å²) in [7, 11) is -0.710. The van der Waals surface area contributed by atoms with E-state index in [-0.39, 0.29) is 0 Å². The van der Waals surface area contributed by atoms with Crippen molar-refractivity contribution in [1.82, 2.24) is 0 Å². The van der Waals surface area contributed by atoms with Crippen molar-refractivity contribution in [2.24, 2.45) is 5.73 Å². The maximum Gasteiger partial charge on any atom is 0.0312 e. The molecular weight excluding hydrogens is 238 g/mol. The highest BCUT2D eigenvalue weighted by atomic mass is 32.2. The molecule has 0 aliphatic carbocycles. The number of thioether (sulfide) groups is 1. The van der Waals surface area contributed by atoms with Crippen molar-refractivity contribution in [3.63, 3.8) is 0 Å². The van der Waals surface area contributed by atoms with Gasteiger partial charge in [0.15, 0.2) is 0 Å². The highest BCUT2D eigenvalue weighted by Crippen LogP contribution is 2.39. The van der Waals surface area contributed by atoms with E-state index in [1.807, 2.05) is 11.8 Å². The molecule has 0 amide bonds. The molecule has 2 atom stereocenters. The molecule has 0 saturated heterocycles. The standard InChI is InChI=1S/C12H17NOS2/c13-6-3-7-16(14)9-10-8-15-12-5-2-1-4-11(10)12/h1-2,4-5,10H,3,6-9,13H2. The van der Waals surface area contributed by atoms with Gasteiger partial charge in [0, 0.05) is 38.9 Å². The Labute approximate surface area is 103 Å². The fourth-order valence-electron chi connectivity index (χ4n) is 1.92. The maximum atomic E-state index is 11.8. The lowest BCUT2D eigenvalue weighted by molar-refractivity contribution is 0.675.